The summed E-state index contributed by atoms with van der Waals surface area (Å²) in [7, 11) is 0. The highest BCUT2D eigenvalue weighted by atomic mass is 32.2. The maximum Gasteiger partial charge on any atom is 0.123 e. The smallest absolute Gasteiger partial charge is 0.123 e. The Kier molecular flexibility index (Phi) is 2.96. The van der Waals surface area contributed by atoms with Gasteiger partial charge in [-0.2, -0.15) is 11.8 Å². The van der Waals surface area contributed by atoms with Crippen molar-refractivity contribution in [2.24, 2.45) is 0 Å². The molecule has 0 aliphatic carbocycles. The highest BCUT2D eigenvalue weighted by Gasteiger charge is 2.15. The first kappa shape index (κ1) is 9.84. The molecule has 1 aliphatic heterocycles. The Bertz CT molecular complexity index is 321. The zero-order chi connectivity index (χ0) is 9.97. The molecule has 0 amide bonds. The average molecular weight is 211 g/mol. The Hall–Kier alpha value is -0.700. The molecule has 1 saturated heterocycles. The van der Waals surface area contributed by atoms with Crippen molar-refractivity contribution >= 4 is 17.4 Å². The van der Waals surface area contributed by atoms with Crippen LogP contribution in [0.5, 0.6) is 0 Å². The number of benzene rings is 1. The summed E-state index contributed by atoms with van der Waals surface area (Å²) in [6.07, 6.45) is 1.21. The van der Waals surface area contributed by atoms with E-state index in [9.17, 15) is 4.39 Å². The van der Waals surface area contributed by atoms with Gasteiger partial charge in [0, 0.05) is 17.5 Å². The molecule has 2 rings (SSSR count). The van der Waals surface area contributed by atoms with E-state index < -0.39 is 0 Å². The third kappa shape index (κ3) is 2.21. The van der Waals surface area contributed by atoms with Crippen LogP contribution in [0.25, 0.3) is 0 Å². The van der Waals surface area contributed by atoms with Gasteiger partial charge in [-0.05, 0) is 42.9 Å². The molecule has 0 spiro atoms. The van der Waals surface area contributed by atoms with Crippen LogP contribution in [0.4, 0.5) is 10.1 Å². The predicted molar refractivity (Wildman–Crippen MR) is 60.5 cm³/mol. The van der Waals surface area contributed by atoms with E-state index in [0.29, 0.717) is 6.04 Å². The van der Waals surface area contributed by atoms with Gasteiger partial charge in [-0.25, -0.2) is 4.39 Å². The van der Waals surface area contributed by atoms with Crippen LogP contribution in [0, 0.1) is 12.7 Å². The Balaban J connectivity index is 2.08. The summed E-state index contributed by atoms with van der Waals surface area (Å²) >= 11 is 1.97. The van der Waals surface area contributed by atoms with Crippen molar-refractivity contribution in [1.29, 1.82) is 0 Å². The van der Waals surface area contributed by atoms with E-state index in [1.54, 1.807) is 6.07 Å². The van der Waals surface area contributed by atoms with E-state index in [1.165, 1.54) is 18.2 Å². The van der Waals surface area contributed by atoms with Crippen LogP contribution in [0.1, 0.15) is 12.0 Å². The van der Waals surface area contributed by atoms with Crippen LogP contribution >= 0.6 is 11.8 Å². The van der Waals surface area contributed by atoms with Gasteiger partial charge in [0.05, 0.1) is 0 Å². The maximum atomic E-state index is 12.8. The molecule has 0 aromatic heterocycles. The van der Waals surface area contributed by atoms with E-state index in [4.69, 9.17) is 0 Å². The number of hydrogen-bond acceptors (Lipinski definition) is 2. The van der Waals surface area contributed by atoms with Crippen LogP contribution in [0.15, 0.2) is 18.2 Å². The number of aryl methyl sites for hydroxylation is 1. The van der Waals surface area contributed by atoms with E-state index in [2.05, 4.69) is 5.32 Å². The van der Waals surface area contributed by atoms with Gasteiger partial charge < -0.3 is 5.32 Å². The van der Waals surface area contributed by atoms with Gasteiger partial charge in [-0.3, -0.25) is 0 Å². The second-order valence-corrected chi connectivity index (χ2v) is 4.81. The summed E-state index contributed by atoms with van der Waals surface area (Å²) in [6, 6.07) is 5.47. The fourth-order valence-corrected chi connectivity index (χ4v) is 2.81. The molecule has 0 bridgehead atoms. The monoisotopic (exact) mass is 211 g/mol. The second-order valence-electron chi connectivity index (χ2n) is 3.66. The van der Waals surface area contributed by atoms with E-state index in [1.807, 2.05) is 24.8 Å². The first-order valence-electron chi connectivity index (χ1n) is 4.86. The van der Waals surface area contributed by atoms with Gasteiger partial charge in [0.15, 0.2) is 0 Å². The lowest BCUT2D eigenvalue weighted by Gasteiger charge is -2.14. The molecule has 0 unspecified atom stereocenters. The maximum absolute atomic E-state index is 12.8. The standard InChI is InChI=1S/C11H14FNS/c1-8-6-9(12)2-3-11(8)13-10-4-5-14-7-10/h2-3,6,10,13H,4-5,7H2,1H3/t10-/m0/s1. The topological polar surface area (TPSA) is 12.0 Å². The number of rotatable bonds is 2. The quantitative estimate of drug-likeness (QED) is 0.807. The molecule has 3 heteroatoms. The Morgan fingerprint density at radius 3 is 3.00 bits per heavy atom. The van der Waals surface area contributed by atoms with Gasteiger partial charge in [-0.15, -0.1) is 0 Å². The molecule has 0 radical (unpaired) electrons. The SMILES string of the molecule is Cc1cc(F)ccc1N[C@H]1CCSC1. The molecular weight excluding hydrogens is 197 g/mol. The third-order valence-electron chi connectivity index (χ3n) is 2.48. The number of halogens is 1. The summed E-state index contributed by atoms with van der Waals surface area (Å²) < 4.78 is 12.8. The molecule has 1 nitrogen and oxygen atoms in total. The minimum Gasteiger partial charge on any atom is -0.381 e. The molecule has 1 fully saturated rings. The minimum atomic E-state index is -0.158. The van der Waals surface area contributed by atoms with Gasteiger partial charge >= 0.3 is 0 Å². The average Bonchev–Trinajstić information content (AvgIpc) is 2.62. The van der Waals surface area contributed by atoms with Crippen molar-refractivity contribution in [2.75, 3.05) is 16.8 Å². The molecule has 1 N–H and O–H groups in total. The van der Waals surface area contributed by atoms with Crippen LogP contribution in [0.3, 0.4) is 0 Å². The molecular formula is C11H14FNS. The molecule has 1 heterocycles. The Morgan fingerprint density at radius 2 is 2.36 bits per heavy atom. The molecule has 0 saturated carbocycles. The molecule has 76 valence electrons. The highest BCUT2D eigenvalue weighted by Crippen LogP contribution is 2.23. The van der Waals surface area contributed by atoms with Crippen LogP contribution in [-0.4, -0.2) is 17.5 Å². The van der Waals surface area contributed by atoms with Gasteiger partial charge in [0.2, 0.25) is 0 Å². The fraction of sp³-hybridized carbons (Fsp3) is 0.455. The summed E-state index contributed by atoms with van der Waals surface area (Å²) in [4.78, 5) is 0. The first-order chi connectivity index (χ1) is 6.75. The lowest BCUT2D eigenvalue weighted by atomic mass is 10.1. The van der Waals surface area contributed by atoms with Crippen molar-refractivity contribution in [3.63, 3.8) is 0 Å². The largest absolute Gasteiger partial charge is 0.381 e. The summed E-state index contributed by atoms with van der Waals surface area (Å²) in [5.41, 5.74) is 2.06. The lowest BCUT2D eigenvalue weighted by molar-refractivity contribution is 0.626. The van der Waals surface area contributed by atoms with Crippen molar-refractivity contribution in [3.05, 3.63) is 29.6 Å². The number of thioether (sulfide) groups is 1. The van der Waals surface area contributed by atoms with Crippen molar-refractivity contribution < 1.29 is 4.39 Å². The van der Waals surface area contributed by atoms with E-state index in [-0.39, 0.29) is 5.82 Å². The first-order valence-corrected chi connectivity index (χ1v) is 6.01. The molecule has 1 atom stereocenters. The van der Waals surface area contributed by atoms with Gasteiger partial charge in [0.25, 0.3) is 0 Å². The molecule has 14 heavy (non-hydrogen) atoms. The second kappa shape index (κ2) is 4.22. The predicted octanol–water partition coefficient (Wildman–Crippen LogP) is 3.05. The van der Waals surface area contributed by atoms with Crippen LogP contribution in [-0.2, 0) is 0 Å². The van der Waals surface area contributed by atoms with E-state index in [0.717, 1.165) is 17.0 Å². The minimum absolute atomic E-state index is 0.158. The Morgan fingerprint density at radius 1 is 1.50 bits per heavy atom. The normalized spacial score (nSPS) is 21.1. The zero-order valence-corrected chi connectivity index (χ0v) is 9.03. The van der Waals surface area contributed by atoms with E-state index >= 15 is 0 Å². The van der Waals surface area contributed by atoms with Gasteiger partial charge in [0.1, 0.15) is 5.82 Å². The molecule has 1 aromatic carbocycles. The number of hydrogen-bond donors (Lipinski definition) is 1. The zero-order valence-electron chi connectivity index (χ0n) is 8.22. The van der Waals surface area contributed by atoms with Gasteiger partial charge in [-0.1, -0.05) is 0 Å². The lowest BCUT2D eigenvalue weighted by Crippen LogP contribution is -2.18. The highest BCUT2D eigenvalue weighted by molar-refractivity contribution is 7.99. The Labute approximate surface area is 88.1 Å². The van der Waals surface area contributed by atoms with Crippen molar-refractivity contribution in [1.82, 2.24) is 0 Å². The number of nitrogens with one attached hydrogen (secondary N) is 1. The van der Waals surface area contributed by atoms with Crippen LogP contribution < -0.4 is 5.32 Å². The number of anilines is 1. The van der Waals surface area contributed by atoms with Crippen LogP contribution in [0.2, 0.25) is 0 Å². The summed E-state index contributed by atoms with van der Waals surface area (Å²) in [6.45, 7) is 1.94. The fourth-order valence-electron chi connectivity index (χ4n) is 1.66. The third-order valence-corrected chi connectivity index (χ3v) is 3.64. The molecule has 1 aromatic rings. The van der Waals surface area contributed by atoms with Crippen molar-refractivity contribution in [3.8, 4) is 0 Å². The molecule has 1 aliphatic rings. The summed E-state index contributed by atoms with van der Waals surface area (Å²) in [5, 5.41) is 3.45. The summed E-state index contributed by atoms with van der Waals surface area (Å²) in [5.74, 6) is 2.24. The van der Waals surface area contributed by atoms with Crippen molar-refractivity contribution in [2.45, 2.75) is 19.4 Å².